The van der Waals surface area contributed by atoms with Gasteiger partial charge >= 0.3 is 0 Å². The predicted molar refractivity (Wildman–Crippen MR) is 53.2 cm³/mol. The fourth-order valence-electron chi connectivity index (χ4n) is 1.35. The molecule has 3 nitrogen and oxygen atoms in total. The maximum atomic E-state index is 12.6. The summed E-state index contributed by atoms with van der Waals surface area (Å²) in [6.07, 6.45) is 0.344. The highest BCUT2D eigenvalue weighted by atomic mass is 35.5. The van der Waals surface area contributed by atoms with Crippen molar-refractivity contribution in [2.75, 3.05) is 11.9 Å². The zero-order valence-corrected chi connectivity index (χ0v) is 8.64. The molecule has 0 bridgehead atoms. The standard InChI is InChI=1S/C9H10ClF2N3/c10-7-3-6(4-14-15-7)13-5-9(1-2-9)8(11)12/h3-4,8H,1-2,5H2,(H,13,15). The van der Waals surface area contributed by atoms with Crippen molar-refractivity contribution in [3.63, 3.8) is 0 Å². The number of rotatable bonds is 4. The summed E-state index contributed by atoms with van der Waals surface area (Å²) < 4.78 is 25.1. The first-order chi connectivity index (χ1) is 7.12. The van der Waals surface area contributed by atoms with E-state index in [1.807, 2.05) is 0 Å². The minimum atomic E-state index is -2.27. The van der Waals surface area contributed by atoms with Gasteiger partial charge in [0.2, 0.25) is 6.43 Å². The first-order valence-electron chi connectivity index (χ1n) is 4.63. The third-order valence-corrected chi connectivity index (χ3v) is 2.81. The summed E-state index contributed by atoms with van der Waals surface area (Å²) >= 11 is 5.61. The number of nitrogens with one attached hydrogen (secondary N) is 1. The van der Waals surface area contributed by atoms with Gasteiger partial charge in [0.25, 0.3) is 0 Å². The molecule has 15 heavy (non-hydrogen) atoms. The molecule has 0 amide bonds. The molecule has 1 fully saturated rings. The first kappa shape index (κ1) is 10.5. The van der Waals surface area contributed by atoms with E-state index < -0.39 is 11.8 Å². The molecule has 0 atom stereocenters. The Bertz CT molecular complexity index is 355. The quantitative estimate of drug-likeness (QED) is 0.869. The summed E-state index contributed by atoms with van der Waals surface area (Å²) in [6.45, 7) is 0.257. The van der Waals surface area contributed by atoms with E-state index in [-0.39, 0.29) is 11.7 Å². The average molecular weight is 234 g/mol. The third kappa shape index (κ3) is 2.34. The van der Waals surface area contributed by atoms with Crippen LogP contribution in [0.15, 0.2) is 12.3 Å². The number of hydrogen-bond donors (Lipinski definition) is 1. The number of hydrogen-bond acceptors (Lipinski definition) is 3. The first-order valence-corrected chi connectivity index (χ1v) is 5.00. The van der Waals surface area contributed by atoms with E-state index in [1.165, 1.54) is 6.20 Å². The van der Waals surface area contributed by atoms with Crippen molar-refractivity contribution >= 4 is 17.3 Å². The van der Waals surface area contributed by atoms with E-state index in [1.54, 1.807) is 6.07 Å². The molecule has 0 spiro atoms. The van der Waals surface area contributed by atoms with Crippen LogP contribution < -0.4 is 5.32 Å². The smallest absolute Gasteiger partial charge is 0.245 e. The topological polar surface area (TPSA) is 37.8 Å². The maximum absolute atomic E-state index is 12.6. The molecule has 6 heteroatoms. The SMILES string of the molecule is FC(F)C1(CNc2cnnc(Cl)c2)CC1. The number of aromatic nitrogens is 2. The van der Waals surface area contributed by atoms with Crippen molar-refractivity contribution < 1.29 is 8.78 Å². The lowest BCUT2D eigenvalue weighted by atomic mass is 10.1. The van der Waals surface area contributed by atoms with Crippen LogP contribution in [0.25, 0.3) is 0 Å². The second-order valence-electron chi connectivity index (χ2n) is 3.78. The molecule has 1 saturated carbocycles. The monoisotopic (exact) mass is 233 g/mol. The van der Waals surface area contributed by atoms with Crippen LogP contribution in [0.1, 0.15) is 12.8 Å². The molecule has 1 aliphatic rings. The molecular formula is C9H10ClF2N3. The van der Waals surface area contributed by atoms with Gasteiger partial charge in [-0.3, -0.25) is 0 Å². The Morgan fingerprint density at radius 3 is 2.80 bits per heavy atom. The van der Waals surface area contributed by atoms with Gasteiger partial charge in [0.1, 0.15) is 0 Å². The fourth-order valence-corrected chi connectivity index (χ4v) is 1.51. The van der Waals surface area contributed by atoms with Gasteiger partial charge in [0.05, 0.1) is 11.9 Å². The Labute approximate surface area is 90.8 Å². The van der Waals surface area contributed by atoms with Gasteiger partial charge in [-0.05, 0) is 12.8 Å². The van der Waals surface area contributed by atoms with Crippen molar-refractivity contribution in [1.29, 1.82) is 0 Å². The van der Waals surface area contributed by atoms with Crippen LogP contribution in [0, 0.1) is 5.41 Å². The van der Waals surface area contributed by atoms with E-state index in [2.05, 4.69) is 15.5 Å². The van der Waals surface area contributed by atoms with Crippen LogP contribution in [0.4, 0.5) is 14.5 Å². The average Bonchev–Trinajstić information content (AvgIpc) is 2.96. The Balaban J connectivity index is 1.94. The van der Waals surface area contributed by atoms with Crippen LogP contribution in [-0.2, 0) is 0 Å². The van der Waals surface area contributed by atoms with Crippen LogP contribution in [0.2, 0.25) is 5.15 Å². The Morgan fingerprint density at radius 2 is 2.27 bits per heavy atom. The fraction of sp³-hybridized carbons (Fsp3) is 0.556. The zero-order chi connectivity index (χ0) is 10.9. The van der Waals surface area contributed by atoms with E-state index in [9.17, 15) is 8.78 Å². The number of anilines is 1. The molecular weight excluding hydrogens is 224 g/mol. The molecule has 1 heterocycles. The number of nitrogens with zero attached hydrogens (tertiary/aromatic N) is 2. The maximum Gasteiger partial charge on any atom is 0.245 e. The highest BCUT2D eigenvalue weighted by Crippen LogP contribution is 2.50. The molecule has 1 aliphatic carbocycles. The van der Waals surface area contributed by atoms with E-state index in [0.29, 0.717) is 18.5 Å². The van der Waals surface area contributed by atoms with Crippen molar-refractivity contribution in [3.05, 3.63) is 17.4 Å². The predicted octanol–water partition coefficient (Wildman–Crippen LogP) is 2.59. The van der Waals surface area contributed by atoms with Gasteiger partial charge in [-0.2, -0.15) is 5.10 Å². The summed E-state index contributed by atoms with van der Waals surface area (Å²) in [5, 5.41) is 10.3. The zero-order valence-electron chi connectivity index (χ0n) is 7.88. The van der Waals surface area contributed by atoms with Crippen molar-refractivity contribution in [3.8, 4) is 0 Å². The van der Waals surface area contributed by atoms with Crippen molar-refractivity contribution in [2.24, 2.45) is 5.41 Å². The summed E-state index contributed by atoms with van der Waals surface area (Å²) in [5.74, 6) is 0. The molecule has 0 radical (unpaired) electrons. The lowest BCUT2D eigenvalue weighted by Gasteiger charge is -2.15. The van der Waals surface area contributed by atoms with Crippen molar-refractivity contribution in [1.82, 2.24) is 10.2 Å². The molecule has 1 N–H and O–H groups in total. The van der Waals surface area contributed by atoms with Gasteiger partial charge in [0, 0.05) is 18.0 Å². The molecule has 1 aromatic heterocycles. The molecule has 82 valence electrons. The van der Waals surface area contributed by atoms with Gasteiger partial charge in [-0.1, -0.05) is 11.6 Å². The molecule has 0 aromatic carbocycles. The summed E-state index contributed by atoms with van der Waals surface area (Å²) in [4.78, 5) is 0. The third-order valence-electron chi connectivity index (χ3n) is 2.62. The molecule has 1 aromatic rings. The Morgan fingerprint density at radius 1 is 1.53 bits per heavy atom. The van der Waals surface area contributed by atoms with Gasteiger partial charge in [-0.15, -0.1) is 5.10 Å². The summed E-state index contributed by atoms with van der Waals surface area (Å²) in [5.41, 5.74) is -0.211. The van der Waals surface area contributed by atoms with Gasteiger partial charge in [-0.25, -0.2) is 8.78 Å². The van der Waals surface area contributed by atoms with E-state index in [0.717, 1.165) is 0 Å². The van der Waals surface area contributed by atoms with Crippen molar-refractivity contribution in [2.45, 2.75) is 19.3 Å². The number of alkyl halides is 2. The second-order valence-corrected chi connectivity index (χ2v) is 4.17. The normalized spacial score (nSPS) is 17.9. The van der Waals surface area contributed by atoms with Gasteiger partial charge in [0.15, 0.2) is 5.15 Å². The summed E-state index contributed by atoms with van der Waals surface area (Å²) in [7, 11) is 0. The highest BCUT2D eigenvalue weighted by molar-refractivity contribution is 6.29. The largest absolute Gasteiger partial charge is 0.383 e. The van der Waals surface area contributed by atoms with Crippen LogP contribution in [0.5, 0.6) is 0 Å². The number of halogens is 3. The van der Waals surface area contributed by atoms with E-state index >= 15 is 0 Å². The van der Waals surface area contributed by atoms with Gasteiger partial charge < -0.3 is 5.32 Å². The van der Waals surface area contributed by atoms with Crippen LogP contribution in [0.3, 0.4) is 0 Å². The van der Waals surface area contributed by atoms with E-state index in [4.69, 9.17) is 11.6 Å². The molecule has 2 rings (SSSR count). The Kier molecular flexibility index (Phi) is 2.73. The lowest BCUT2D eigenvalue weighted by Crippen LogP contribution is -2.22. The Hall–Kier alpha value is -0.970. The van der Waals surface area contributed by atoms with Crippen LogP contribution in [-0.4, -0.2) is 23.2 Å². The minimum absolute atomic E-state index is 0.252. The second kappa shape index (κ2) is 3.89. The minimum Gasteiger partial charge on any atom is -0.383 e. The molecule has 0 saturated heterocycles. The summed E-state index contributed by atoms with van der Waals surface area (Å²) in [6, 6.07) is 1.57. The highest BCUT2D eigenvalue weighted by Gasteiger charge is 2.50. The molecule has 0 unspecified atom stereocenters. The van der Waals surface area contributed by atoms with Crippen LogP contribution >= 0.6 is 11.6 Å². The molecule has 0 aliphatic heterocycles. The lowest BCUT2D eigenvalue weighted by molar-refractivity contribution is 0.0688.